The molecule has 0 aliphatic rings. The van der Waals surface area contributed by atoms with E-state index in [4.69, 9.17) is 5.11 Å². The van der Waals surface area contributed by atoms with Crippen LogP contribution in [0.4, 0.5) is 17.6 Å². The quantitative estimate of drug-likeness (QED) is 0.754. The van der Waals surface area contributed by atoms with Crippen molar-refractivity contribution < 1.29 is 37.0 Å². The van der Waals surface area contributed by atoms with Crippen LogP contribution < -0.4 is 10.1 Å². The zero-order valence-electron chi connectivity index (χ0n) is 10.6. The number of halogens is 4. The van der Waals surface area contributed by atoms with Gasteiger partial charge in [0, 0.05) is 11.3 Å². The van der Waals surface area contributed by atoms with E-state index in [0.29, 0.717) is 4.88 Å². The van der Waals surface area contributed by atoms with E-state index >= 15 is 0 Å². The van der Waals surface area contributed by atoms with Crippen LogP contribution in [0.5, 0.6) is 5.75 Å². The Morgan fingerprint density at radius 3 is 2.48 bits per heavy atom. The predicted octanol–water partition coefficient (Wildman–Crippen LogP) is 2.50. The molecule has 1 rings (SSSR count). The highest BCUT2D eigenvalue weighted by Crippen LogP contribution is 2.30. The van der Waals surface area contributed by atoms with Gasteiger partial charge in [-0.25, -0.2) is 13.6 Å². The summed E-state index contributed by atoms with van der Waals surface area (Å²) < 4.78 is 53.0. The lowest BCUT2D eigenvalue weighted by molar-refractivity contribution is -0.140. The van der Waals surface area contributed by atoms with Crippen LogP contribution in [0.25, 0.3) is 0 Å². The summed E-state index contributed by atoms with van der Waals surface area (Å²) in [6.07, 6.45) is -4.02. The Bertz CT molecular complexity index is 520. The van der Waals surface area contributed by atoms with Crippen LogP contribution in [0.2, 0.25) is 0 Å². The Morgan fingerprint density at radius 1 is 1.38 bits per heavy atom. The molecule has 0 aliphatic heterocycles. The van der Waals surface area contributed by atoms with Crippen molar-refractivity contribution >= 4 is 23.2 Å². The lowest BCUT2D eigenvalue weighted by atomic mass is 10.2. The Kier molecular flexibility index (Phi) is 5.94. The van der Waals surface area contributed by atoms with Crippen LogP contribution in [-0.2, 0) is 4.79 Å². The maximum Gasteiger partial charge on any atom is 0.387 e. The largest absolute Gasteiger partial charge is 0.480 e. The topological polar surface area (TPSA) is 75.6 Å². The van der Waals surface area contributed by atoms with Crippen molar-refractivity contribution in [3.8, 4) is 5.75 Å². The zero-order valence-corrected chi connectivity index (χ0v) is 11.4. The fourth-order valence-corrected chi connectivity index (χ4v) is 2.30. The summed E-state index contributed by atoms with van der Waals surface area (Å²) in [5.41, 5.74) is 0. The summed E-state index contributed by atoms with van der Waals surface area (Å²) in [7, 11) is 0. The Morgan fingerprint density at radius 2 is 2.00 bits per heavy atom. The zero-order chi connectivity index (χ0) is 16.2. The summed E-state index contributed by atoms with van der Waals surface area (Å²) >= 11 is 0.786. The maximum atomic E-state index is 12.2. The molecule has 1 atom stereocenters. The first-order valence-corrected chi connectivity index (χ1v) is 6.39. The fraction of sp³-hybridized carbons (Fsp3) is 0.455. The molecule has 1 aromatic heterocycles. The Hall–Kier alpha value is -1.84. The Labute approximate surface area is 120 Å². The minimum atomic E-state index is -3.16. The molecule has 21 heavy (non-hydrogen) atoms. The molecule has 0 saturated heterocycles. The van der Waals surface area contributed by atoms with Gasteiger partial charge in [0.1, 0.15) is 16.7 Å². The van der Waals surface area contributed by atoms with E-state index in [0.717, 1.165) is 11.3 Å². The van der Waals surface area contributed by atoms with Gasteiger partial charge in [0.15, 0.2) is 0 Å². The molecule has 2 N–H and O–H groups in total. The molecule has 1 heterocycles. The van der Waals surface area contributed by atoms with E-state index in [1.807, 2.05) is 5.32 Å². The minimum Gasteiger partial charge on any atom is -0.480 e. The smallest absolute Gasteiger partial charge is 0.387 e. The van der Waals surface area contributed by atoms with Crippen molar-refractivity contribution in [1.29, 1.82) is 0 Å². The number of hydrogen-bond donors (Lipinski definition) is 2. The van der Waals surface area contributed by atoms with Gasteiger partial charge in [-0.15, -0.1) is 11.3 Å². The third-order valence-corrected chi connectivity index (χ3v) is 3.29. The maximum absolute atomic E-state index is 12.2. The average Bonchev–Trinajstić information content (AvgIpc) is 2.67. The summed E-state index contributed by atoms with van der Waals surface area (Å²) in [6.45, 7) is -1.64. The van der Waals surface area contributed by atoms with Crippen LogP contribution in [0.15, 0.2) is 6.07 Å². The van der Waals surface area contributed by atoms with Gasteiger partial charge in [-0.05, 0) is 13.0 Å². The number of amides is 1. The number of aryl methyl sites for hydroxylation is 1. The van der Waals surface area contributed by atoms with Crippen molar-refractivity contribution in [2.24, 2.45) is 0 Å². The number of hydrogen-bond acceptors (Lipinski definition) is 4. The molecule has 0 aromatic carbocycles. The molecule has 1 unspecified atom stereocenters. The molecule has 0 aliphatic carbocycles. The molecule has 1 amide bonds. The molecular weight excluding hydrogens is 318 g/mol. The molecule has 0 saturated carbocycles. The van der Waals surface area contributed by atoms with Gasteiger partial charge in [-0.1, -0.05) is 0 Å². The van der Waals surface area contributed by atoms with E-state index in [1.165, 1.54) is 13.0 Å². The molecule has 0 radical (unpaired) electrons. The van der Waals surface area contributed by atoms with E-state index in [-0.39, 0.29) is 4.88 Å². The number of carboxylic acids is 1. The highest BCUT2D eigenvalue weighted by molar-refractivity contribution is 7.14. The number of thiophene rings is 1. The van der Waals surface area contributed by atoms with Crippen LogP contribution in [0, 0.1) is 6.92 Å². The number of rotatable bonds is 7. The van der Waals surface area contributed by atoms with Crippen LogP contribution >= 0.6 is 11.3 Å². The number of alkyl halides is 4. The first kappa shape index (κ1) is 17.2. The lowest BCUT2D eigenvalue weighted by Gasteiger charge is -2.14. The third kappa shape index (κ3) is 5.21. The van der Waals surface area contributed by atoms with Crippen molar-refractivity contribution in [1.82, 2.24) is 5.32 Å². The van der Waals surface area contributed by atoms with Gasteiger partial charge in [0.05, 0.1) is 0 Å². The second-order valence-corrected chi connectivity index (χ2v) is 5.18. The van der Waals surface area contributed by atoms with E-state index in [1.54, 1.807) is 0 Å². The lowest BCUT2D eigenvalue weighted by Crippen LogP contribution is -2.41. The monoisotopic (exact) mass is 329 g/mol. The SMILES string of the molecule is Cc1cc(OC(F)F)c(C(=O)NC(CC(F)F)C(=O)O)s1. The number of aliphatic carboxylic acids is 1. The van der Waals surface area contributed by atoms with Crippen molar-refractivity contribution in [2.75, 3.05) is 0 Å². The highest BCUT2D eigenvalue weighted by atomic mass is 32.1. The second-order valence-electron chi connectivity index (χ2n) is 3.92. The summed E-state index contributed by atoms with van der Waals surface area (Å²) in [5.74, 6) is -3.13. The van der Waals surface area contributed by atoms with Crippen LogP contribution in [-0.4, -0.2) is 36.1 Å². The van der Waals surface area contributed by atoms with E-state index in [2.05, 4.69) is 4.74 Å². The number of carbonyl (C=O) groups is 2. The predicted molar refractivity (Wildman–Crippen MR) is 65.2 cm³/mol. The number of nitrogens with one attached hydrogen (secondary N) is 1. The summed E-state index contributed by atoms with van der Waals surface area (Å²) in [4.78, 5) is 22.8. The average molecular weight is 329 g/mol. The molecule has 0 bridgehead atoms. The van der Waals surface area contributed by atoms with Crippen molar-refractivity contribution in [3.63, 3.8) is 0 Å². The normalized spacial score (nSPS) is 12.5. The van der Waals surface area contributed by atoms with Gasteiger partial charge in [0.2, 0.25) is 6.43 Å². The van der Waals surface area contributed by atoms with Gasteiger partial charge in [-0.2, -0.15) is 8.78 Å². The Balaban J connectivity index is 2.89. The first-order valence-electron chi connectivity index (χ1n) is 5.57. The third-order valence-electron chi connectivity index (χ3n) is 2.26. The summed E-state index contributed by atoms with van der Waals surface area (Å²) in [5, 5.41) is 10.6. The number of carbonyl (C=O) groups excluding carboxylic acids is 1. The molecule has 10 heteroatoms. The molecule has 0 fully saturated rings. The van der Waals surface area contributed by atoms with Gasteiger partial charge in [0.25, 0.3) is 5.91 Å². The first-order chi connectivity index (χ1) is 9.70. The summed E-state index contributed by atoms with van der Waals surface area (Å²) in [6, 6.07) is -0.645. The molecule has 1 aromatic rings. The van der Waals surface area contributed by atoms with Gasteiger partial charge in [-0.3, -0.25) is 4.79 Å². The highest BCUT2D eigenvalue weighted by Gasteiger charge is 2.27. The van der Waals surface area contributed by atoms with E-state index in [9.17, 15) is 27.2 Å². The fourth-order valence-electron chi connectivity index (χ4n) is 1.46. The van der Waals surface area contributed by atoms with Crippen LogP contribution in [0.3, 0.4) is 0 Å². The van der Waals surface area contributed by atoms with Gasteiger partial charge < -0.3 is 15.2 Å². The standard InChI is InChI=1S/C11H11F4NO4S/c1-4-2-6(20-11(14)15)8(21-4)9(17)16-5(10(18)19)3-7(12)13/h2,5,7,11H,3H2,1H3,(H,16,17)(H,18,19). The molecule has 0 spiro atoms. The van der Waals surface area contributed by atoms with Crippen molar-refractivity contribution in [3.05, 3.63) is 15.8 Å². The molecule has 5 nitrogen and oxygen atoms in total. The van der Waals surface area contributed by atoms with Crippen LogP contribution in [0.1, 0.15) is 21.0 Å². The van der Waals surface area contributed by atoms with Crippen molar-refractivity contribution in [2.45, 2.75) is 32.4 Å². The molecule has 118 valence electrons. The number of carboxylic acid groups (broad SMARTS) is 1. The minimum absolute atomic E-state index is 0.298. The number of ether oxygens (including phenoxy) is 1. The molecular formula is C11H11F4NO4S. The van der Waals surface area contributed by atoms with Gasteiger partial charge >= 0.3 is 12.6 Å². The van der Waals surface area contributed by atoms with E-state index < -0.39 is 43.1 Å². The second kappa shape index (κ2) is 7.25.